The van der Waals surface area contributed by atoms with Crippen molar-refractivity contribution in [1.29, 1.82) is 0 Å². The van der Waals surface area contributed by atoms with Crippen LogP contribution in [-0.4, -0.2) is 45.7 Å². The number of aliphatic hydroxyl groups excluding tert-OH is 3. The van der Waals surface area contributed by atoms with Crippen molar-refractivity contribution in [1.82, 2.24) is 0 Å². The van der Waals surface area contributed by atoms with E-state index in [-0.39, 0.29) is 47.1 Å². The first-order valence-electron chi connectivity index (χ1n) is 14.2. The molecule has 0 radical (unpaired) electrons. The zero-order chi connectivity index (χ0) is 25.9. The molecule has 0 aromatic heterocycles. The van der Waals surface area contributed by atoms with E-state index in [2.05, 4.69) is 47.6 Å². The van der Waals surface area contributed by atoms with E-state index in [9.17, 15) is 20.1 Å². The van der Waals surface area contributed by atoms with Gasteiger partial charge in [-0.1, -0.05) is 66.0 Å². The predicted molar refractivity (Wildman–Crippen MR) is 137 cm³/mol. The summed E-state index contributed by atoms with van der Waals surface area (Å²) in [4.78, 5) is 12.3. The Morgan fingerprint density at radius 2 is 1.83 bits per heavy atom. The van der Waals surface area contributed by atoms with E-state index in [1.807, 2.05) is 0 Å². The van der Waals surface area contributed by atoms with Crippen LogP contribution in [0.2, 0.25) is 0 Å². The van der Waals surface area contributed by atoms with Crippen LogP contribution >= 0.6 is 0 Å². The maximum atomic E-state index is 12.3. The number of rotatable bonds is 6. The summed E-state index contributed by atoms with van der Waals surface area (Å²) >= 11 is 0. The van der Waals surface area contributed by atoms with Crippen molar-refractivity contribution in [3.8, 4) is 0 Å². The molecule has 5 nitrogen and oxygen atoms in total. The first-order valence-corrected chi connectivity index (χ1v) is 14.2. The van der Waals surface area contributed by atoms with E-state index < -0.39 is 23.7 Å². The molecule has 12 atom stereocenters. The van der Waals surface area contributed by atoms with Crippen molar-refractivity contribution in [3.05, 3.63) is 11.6 Å². The zero-order valence-corrected chi connectivity index (χ0v) is 23.0. The molecule has 0 aromatic rings. The van der Waals surface area contributed by atoms with Crippen LogP contribution < -0.4 is 0 Å². The molecule has 0 aliphatic heterocycles. The van der Waals surface area contributed by atoms with Crippen LogP contribution in [0.15, 0.2) is 11.6 Å². The van der Waals surface area contributed by atoms with Gasteiger partial charge in [0.05, 0.1) is 18.3 Å². The van der Waals surface area contributed by atoms with Crippen LogP contribution in [0.25, 0.3) is 0 Å². The lowest BCUT2D eigenvalue weighted by atomic mass is 9.45. The molecular formula is C30H50O5. The van der Waals surface area contributed by atoms with Crippen molar-refractivity contribution in [2.24, 2.45) is 52.3 Å². The summed E-state index contributed by atoms with van der Waals surface area (Å²) in [5.74, 6) is 1.60. The smallest absolute Gasteiger partial charge is 0.303 e. The van der Waals surface area contributed by atoms with Crippen molar-refractivity contribution in [3.63, 3.8) is 0 Å². The van der Waals surface area contributed by atoms with Gasteiger partial charge in [-0.2, -0.15) is 0 Å². The summed E-state index contributed by atoms with van der Waals surface area (Å²) in [6.07, 6.45) is 6.13. The molecule has 4 aliphatic rings. The SMILES string of the molecule is CC(=O)O[C@@H]1[C@H]2[C@@H](CC=C3C[C@@H](O)CC[C@@]32C)[C@@H]2C[C@@H](O)[C@H]([C@H](C)CC[C@@H](C)C(C)C)[C@@]2(C)[C@@H]1O. The minimum atomic E-state index is -0.812. The maximum absolute atomic E-state index is 12.3. The molecule has 0 unspecified atom stereocenters. The Morgan fingerprint density at radius 1 is 1.14 bits per heavy atom. The molecule has 0 aromatic carbocycles. The normalized spacial score (nSPS) is 46.8. The molecule has 3 saturated carbocycles. The topological polar surface area (TPSA) is 87.0 Å². The second-order valence-corrected chi connectivity index (χ2v) is 13.6. The molecule has 35 heavy (non-hydrogen) atoms. The Hall–Kier alpha value is -0.910. The predicted octanol–water partition coefficient (Wildman–Crippen LogP) is 5.12. The van der Waals surface area contributed by atoms with Gasteiger partial charge in [-0.05, 0) is 73.0 Å². The number of carbonyl (C=O) groups excluding carboxylic acids is 1. The Morgan fingerprint density at radius 3 is 2.46 bits per heavy atom. The number of ether oxygens (including phenoxy) is 1. The van der Waals surface area contributed by atoms with Gasteiger partial charge in [0.1, 0.15) is 6.10 Å². The average molecular weight is 491 g/mol. The Labute approximate surface area is 212 Å². The monoisotopic (exact) mass is 490 g/mol. The standard InChI is InChI=1S/C30H50O5/c1-16(2)17(3)8-9-18(4)25-24(33)15-23-22-11-10-20-14-21(32)12-13-29(20,6)26(22)27(35-19(5)31)28(34)30(23,25)7/h10,16-18,21-28,32-34H,8-9,11-15H2,1-7H3/t17-,18-,21+,22+,23+,24-,25+,26-,27-,28-,29+,30+/m1/s1. The molecule has 5 heteroatoms. The molecule has 0 heterocycles. The minimum Gasteiger partial charge on any atom is -0.459 e. The van der Waals surface area contributed by atoms with Crippen LogP contribution in [0.5, 0.6) is 0 Å². The first kappa shape index (κ1) is 27.1. The van der Waals surface area contributed by atoms with Crippen LogP contribution in [0.4, 0.5) is 0 Å². The van der Waals surface area contributed by atoms with Crippen molar-refractivity contribution in [2.45, 2.75) is 118 Å². The van der Waals surface area contributed by atoms with Gasteiger partial charge in [-0.3, -0.25) is 4.79 Å². The summed E-state index contributed by atoms with van der Waals surface area (Å²) in [6.45, 7) is 15.0. The molecule has 4 rings (SSSR count). The fourth-order valence-corrected chi connectivity index (χ4v) is 9.12. The highest BCUT2D eigenvalue weighted by atomic mass is 16.6. The van der Waals surface area contributed by atoms with Crippen LogP contribution in [0.1, 0.15) is 93.4 Å². The van der Waals surface area contributed by atoms with Gasteiger partial charge >= 0.3 is 5.97 Å². The lowest BCUT2D eigenvalue weighted by Gasteiger charge is -2.62. The Balaban J connectivity index is 1.70. The number of allylic oxidation sites excluding steroid dienone is 1. The first-order chi connectivity index (χ1) is 16.3. The number of fused-ring (bicyclic) bond motifs is 5. The van der Waals surface area contributed by atoms with Gasteiger partial charge in [0, 0.05) is 18.3 Å². The molecular weight excluding hydrogens is 440 g/mol. The molecule has 4 aliphatic carbocycles. The van der Waals surface area contributed by atoms with Gasteiger partial charge in [0.2, 0.25) is 0 Å². The third-order valence-electron chi connectivity index (χ3n) is 11.4. The van der Waals surface area contributed by atoms with Crippen LogP contribution in [-0.2, 0) is 9.53 Å². The lowest BCUT2D eigenvalue weighted by molar-refractivity contribution is -0.220. The third kappa shape index (κ3) is 4.42. The highest BCUT2D eigenvalue weighted by Gasteiger charge is 2.69. The fourth-order valence-electron chi connectivity index (χ4n) is 9.12. The van der Waals surface area contributed by atoms with Gasteiger partial charge in [0.25, 0.3) is 0 Å². The highest BCUT2D eigenvalue weighted by Crippen LogP contribution is 2.67. The number of aliphatic hydroxyl groups is 3. The maximum Gasteiger partial charge on any atom is 0.303 e. The number of carbonyl (C=O) groups is 1. The van der Waals surface area contributed by atoms with Crippen LogP contribution in [0, 0.1) is 52.3 Å². The lowest BCUT2D eigenvalue weighted by Crippen LogP contribution is -2.65. The summed E-state index contributed by atoms with van der Waals surface area (Å²) in [6, 6.07) is 0. The summed E-state index contributed by atoms with van der Waals surface area (Å²) in [7, 11) is 0. The van der Waals surface area contributed by atoms with Crippen molar-refractivity contribution < 1.29 is 24.9 Å². The zero-order valence-electron chi connectivity index (χ0n) is 23.0. The fraction of sp³-hybridized carbons (Fsp3) is 0.900. The molecule has 0 spiro atoms. The second kappa shape index (κ2) is 9.76. The third-order valence-corrected chi connectivity index (χ3v) is 11.4. The molecule has 0 bridgehead atoms. The van der Waals surface area contributed by atoms with Gasteiger partial charge in [-0.15, -0.1) is 0 Å². The van der Waals surface area contributed by atoms with E-state index in [4.69, 9.17) is 4.74 Å². The molecule has 0 amide bonds. The summed E-state index contributed by atoms with van der Waals surface area (Å²) < 4.78 is 6.02. The minimum absolute atomic E-state index is 0.00851. The Kier molecular flexibility index (Phi) is 7.57. The van der Waals surface area contributed by atoms with E-state index in [1.165, 1.54) is 12.5 Å². The van der Waals surface area contributed by atoms with Crippen molar-refractivity contribution in [2.75, 3.05) is 0 Å². The quantitative estimate of drug-likeness (QED) is 0.355. The van der Waals surface area contributed by atoms with Crippen LogP contribution in [0.3, 0.4) is 0 Å². The molecule has 3 fully saturated rings. The number of esters is 1. The van der Waals surface area contributed by atoms with Crippen molar-refractivity contribution >= 4 is 5.97 Å². The highest BCUT2D eigenvalue weighted by molar-refractivity contribution is 5.66. The van der Waals surface area contributed by atoms with E-state index in [0.29, 0.717) is 24.7 Å². The van der Waals surface area contributed by atoms with E-state index in [0.717, 1.165) is 32.1 Å². The van der Waals surface area contributed by atoms with E-state index in [1.54, 1.807) is 0 Å². The van der Waals surface area contributed by atoms with Gasteiger partial charge in [-0.25, -0.2) is 0 Å². The average Bonchev–Trinajstić information content (AvgIpc) is 3.06. The largest absolute Gasteiger partial charge is 0.459 e. The van der Waals surface area contributed by atoms with Gasteiger partial charge in [0.15, 0.2) is 0 Å². The summed E-state index contributed by atoms with van der Waals surface area (Å²) in [5.41, 5.74) is 0.555. The molecule has 200 valence electrons. The number of hydrogen-bond donors (Lipinski definition) is 3. The number of hydrogen-bond acceptors (Lipinski definition) is 5. The Bertz CT molecular complexity index is 822. The van der Waals surface area contributed by atoms with Gasteiger partial charge < -0.3 is 20.1 Å². The molecule has 0 saturated heterocycles. The molecule has 3 N–H and O–H groups in total. The second-order valence-electron chi connectivity index (χ2n) is 13.6. The summed E-state index contributed by atoms with van der Waals surface area (Å²) in [5, 5.41) is 33.9. The van der Waals surface area contributed by atoms with E-state index >= 15 is 0 Å².